The van der Waals surface area contributed by atoms with E-state index in [0.717, 1.165) is 0 Å². The van der Waals surface area contributed by atoms with Gasteiger partial charge in [0.2, 0.25) is 10.0 Å². The van der Waals surface area contributed by atoms with Gasteiger partial charge in [-0.1, -0.05) is 18.2 Å². The molecule has 21 heavy (non-hydrogen) atoms. The molecule has 0 unspecified atom stereocenters. The first kappa shape index (κ1) is 15.3. The lowest BCUT2D eigenvalue weighted by Crippen LogP contribution is -2.24. The molecule has 0 amide bonds. The molecule has 0 spiro atoms. The normalized spacial score (nSPS) is 11.3. The van der Waals surface area contributed by atoms with E-state index < -0.39 is 15.8 Å². The third-order valence-corrected chi connectivity index (χ3v) is 4.33. The maximum Gasteiger partial charge on any atom is 0.244 e. The van der Waals surface area contributed by atoms with Crippen molar-refractivity contribution >= 4 is 15.7 Å². The topological polar surface area (TPSA) is 81.4 Å². The highest BCUT2D eigenvalue weighted by molar-refractivity contribution is 7.89. The maximum absolute atomic E-state index is 13.5. The largest absolute Gasteiger partial charge is 0.495 e. The summed E-state index contributed by atoms with van der Waals surface area (Å²) in [6.45, 7) is -0.150. The summed E-state index contributed by atoms with van der Waals surface area (Å²) in [5, 5.41) is 0. The van der Waals surface area contributed by atoms with Crippen molar-refractivity contribution in [1.82, 2.24) is 4.72 Å². The molecular formula is C14H15FN2O3S. The quantitative estimate of drug-likeness (QED) is 0.826. The molecule has 112 valence electrons. The Morgan fingerprint density at radius 1 is 1.24 bits per heavy atom. The Balaban J connectivity index is 2.25. The summed E-state index contributed by atoms with van der Waals surface area (Å²) in [6, 6.07) is 10.2. The SMILES string of the molecule is COc1cc(N)ccc1S(=O)(=O)NCc1ccccc1F. The number of hydrogen-bond acceptors (Lipinski definition) is 4. The summed E-state index contributed by atoms with van der Waals surface area (Å²) in [4.78, 5) is -0.0458. The number of nitrogens with two attached hydrogens (primary N) is 1. The minimum absolute atomic E-state index is 0.0458. The molecule has 7 heteroatoms. The van der Waals surface area contributed by atoms with Crippen LogP contribution in [0.25, 0.3) is 0 Å². The summed E-state index contributed by atoms with van der Waals surface area (Å²) in [5.41, 5.74) is 6.23. The van der Waals surface area contributed by atoms with E-state index in [1.54, 1.807) is 6.07 Å². The van der Waals surface area contributed by atoms with Crippen LogP contribution in [-0.2, 0) is 16.6 Å². The van der Waals surface area contributed by atoms with Gasteiger partial charge in [0, 0.05) is 23.9 Å². The lowest BCUT2D eigenvalue weighted by atomic mass is 10.2. The highest BCUT2D eigenvalue weighted by atomic mass is 32.2. The molecule has 0 radical (unpaired) electrons. The fraction of sp³-hybridized carbons (Fsp3) is 0.143. The second kappa shape index (κ2) is 6.11. The molecule has 0 heterocycles. The van der Waals surface area contributed by atoms with Crippen molar-refractivity contribution in [1.29, 1.82) is 0 Å². The Bertz CT molecular complexity index is 748. The number of ether oxygens (including phenoxy) is 1. The Morgan fingerprint density at radius 2 is 1.95 bits per heavy atom. The molecule has 2 aromatic rings. The number of rotatable bonds is 5. The summed E-state index contributed by atoms with van der Waals surface area (Å²) in [5.74, 6) is -0.333. The molecule has 0 aliphatic rings. The van der Waals surface area contributed by atoms with E-state index in [4.69, 9.17) is 10.5 Å². The van der Waals surface area contributed by atoms with E-state index in [2.05, 4.69) is 4.72 Å². The number of hydrogen-bond donors (Lipinski definition) is 2. The molecule has 0 bridgehead atoms. The van der Waals surface area contributed by atoms with E-state index in [1.165, 1.54) is 43.5 Å². The molecule has 2 aromatic carbocycles. The number of anilines is 1. The van der Waals surface area contributed by atoms with Crippen molar-refractivity contribution in [3.05, 3.63) is 53.8 Å². The van der Waals surface area contributed by atoms with Gasteiger partial charge in [0.05, 0.1) is 7.11 Å². The second-order valence-corrected chi connectivity index (χ2v) is 6.06. The average Bonchev–Trinajstić information content (AvgIpc) is 2.46. The predicted octanol–water partition coefficient (Wildman–Crippen LogP) is 1.90. The molecule has 0 aromatic heterocycles. The highest BCUT2D eigenvalue weighted by Gasteiger charge is 2.19. The first-order chi connectivity index (χ1) is 9.94. The van der Waals surface area contributed by atoms with Gasteiger partial charge in [-0.05, 0) is 18.2 Å². The lowest BCUT2D eigenvalue weighted by Gasteiger charge is -2.11. The van der Waals surface area contributed by atoms with Gasteiger partial charge in [-0.25, -0.2) is 17.5 Å². The molecule has 2 rings (SSSR count). The zero-order valence-electron chi connectivity index (χ0n) is 11.3. The van der Waals surface area contributed by atoms with Crippen LogP contribution < -0.4 is 15.2 Å². The van der Waals surface area contributed by atoms with Crippen LogP contribution >= 0.6 is 0 Å². The lowest BCUT2D eigenvalue weighted by molar-refractivity contribution is 0.402. The van der Waals surface area contributed by atoms with E-state index in [0.29, 0.717) is 5.69 Å². The van der Waals surface area contributed by atoms with Gasteiger partial charge in [-0.2, -0.15) is 0 Å². The third-order valence-electron chi connectivity index (χ3n) is 2.89. The van der Waals surface area contributed by atoms with Crippen LogP contribution in [-0.4, -0.2) is 15.5 Å². The molecule has 0 saturated heterocycles. The van der Waals surface area contributed by atoms with E-state index in [1.807, 2.05) is 0 Å². The smallest absolute Gasteiger partial charge is 0.244 e. The predicted molar refractivity (Wildman–Crippen MR) is 77.8 cm³/mol. The molecule has 0 fully saturated rings. The van der Waals surface area contributed by atoms with Crippen molar-refractivity contribution < 1.29 is 17.5 Å². The average molecular weight is 310 g/mol. The van der Waals surface area contributed by atoms with Crippen LogP contribution in [0.5, 0.6) is 5.75 Å². The Kier molecular flexibility index (Phi) is 4.44. The standard InChI is InChI=1S/C14H15FN2O3S/c1-20-13-8-11(16)6-7-14(13)21(18,19)17-9-10-4-2-3-5-12(10)15/h2-8,17H,9,16H2,1H3. The summed E-state index contributed by atoms with van der Waals surface area (Å²) < 4.78 is 45.3. The Labute approximate surface area is 122 Å². The maximum atomic E-state index is 13.5. The van der Waals surface area contributed by atoms with Crippen molar-refractivity contribution in [2.45, 2.75) is 11.4 Å². The number of halogens is 1. The van der Waals surface area contributed by atoms with E-state index >= 15 is 0 Å². The monoisotopic (exact) mass is 310 g/mol. The van der Waals surface area contributed by atoms with Gasteiger partial charge in [-0.15, -0.1) is 0 Å². The van der Waals surface area contributed by atoms with Gasteiger partial charge in [0.1, 0.15) is 16.5 Å². The van der Waals surface area contributed by atoms with Crippen molar-refractivity contribution in [3.8, 4) is 5.75 Å². The van der Waals surface area contributed by atoms with Crippen molar-refractivity contribution in [2.75, 3.05) is 12.8 Å². The zero-order valence-corrected chi connectivity index (χ0v) is 12.2. The van der Waals surface area contributed by atoms with Crippen molar-refractivity contribution in [3.63, 3.8) is 0 Å². The van der Waals surface area contributed by atoms with Crippen LogP contribution in [0.15, 0.2) is 47.4 Å². The molecular weight excluding hydrogens is 295 g/mol. The number of nitrogens with one attached hydrogen (secondary N) is 1. The molecule has 0 aliphatic heterocycles. The minimum Gasteiger partial charge on any atom is -0.495 e. The van der Waals surface area contributed by atoms with Crippen LogP contribution in [0, 0.1) is 5.82 Å². The van der Waals surface area contributed by atoms with Crippen LogP contribution in [0.3, 0.4) is 0 Å². The summed E-state index contributed by atoms with van der Waals surface area (Å²) in [7, 11) is -2.48. The number of benzene rings is 2. The molecule has 0 aliphatic carbocycles. The van der Waals surface area contributed by atoms with Gasteiger partial charge in [0.25, 0.3) is 0 Å². The van der Waals surface area contributed by atoms with Crippen molar-refractivity contribution in [2.24, 2.45) is 0 Å². The molecule has 0 saturated carbocycles. The Morgan fingerprint density at radius 3 is 2.62 bits per heavy atom. The fourth-order valence-corrected chi connectivity index (χ4v) is 2.95. The minimum atomic E-state index is -3.83. The van der Waals surface area contributed by atoms with E-state index in [9.17, 15) is 12.8 Å². The van der Waals surface area contributed by atoms with Gasteiger partial charge >= 0.3 is 0 Å². The van der Waals surface area contributed by atoms with Crippen LogP contribution in [0.4, 0.5) is 10.1 Å². The van der Waals surface area contributed by atoms with E-state index in [-0.39, 0.29) is 22.8 Å². The van der Waals surface area contributed by atoms with Gasteiger partial charge in [-0.3, -0.25) is 0 Å². The van der Waals surface area contributed by atoms with Crippen LogP contribution in [0.2, 0.25) is 0 Å². The Hall–Kier alpha value is -2.12. The molecule has 0 atom stereocenters. The highest BCUT2D eigenvalue weighted by Crippen LogP contribution is 2.26. The van der Waals surface area contributed by atoms with Gasteiger partial charge in [0.15, 0.2) is 0 Å². The fourth-order valence-electron chi connectivity index (χ4n) is 1.80. The number of sulfonamides is 1. The van der Waals surface area contributed by atoms with Gasteiger partial charge < -0.3 is 10.5 Å². The first-order valence-electron chi connectivity index (χ1n) is 6.10. The molecule has 3 N–H and O–H groups in total. The third kappa shape index (κ3) is 3.50. The summed E-state index contributed by atoms with van der Waals surface area (Å²) in [6.07, 6.45) is 0. The first-order valence-corrected chi connectivity index (χ1v) is 7.59. The molecule has 5 nitrogen and oxygen atoms in total. The number of methoxy groups -OCH3 is 1. The van der Waals surface area contributed by atoms with Crippen LogP contribution in [0.1, 0.15) is 5.56 Å². The number of nitrogen functional groups attached to an aromatic ring is 1. The summed E-state index contributed by atoms with van der Waals surface area (Å²) >= 11 is 0. The zero-order chi connectivity index (χ0) is 15.5. The second-order valence-electron chi connectivity index (χ2n) is 4.33.